The molecule has 1 aromatic heterocycles. The van der Waals surface area contributed by atoms with Gasteiger partial charge in [0.05, 0.1) is 29.9 Å². The van der Waals surface area contributed by atoms with Crippen molar-refractivity contribution >= 4 is 39.8 Å². The molecule has 0 atom stereocenters. The predicted octanol–water partition coefficient (Wildman–Crippen LogP) is 4.82. The summed E-state index contributed by atoms with van der Waals surface area (Å²) in [4.78, 5) is 16.7. The van der Waals surface area contributed by atoms with Crippen LogP contribution in [0.1, 0.15) is 17.3 Å². The summed E-state index contributed by atoms with van der Waals surface area (Å²) in [5.41, 5.74) is 2.44. The molecule has 0 aliphatic carbocycles. The number of nitrogens with one attached hydrogen (secondary N) is 1. The van der Waals surface area contributed by atoms with Crippen molar-refractivity contribution in [2.75, 3.05) is 19.0 Å². The number of anilines is 2. The van der Waals surface area contributed by atoms with Crippen LogP contribution >= 0.6 is 11.6 Å². The van der Waals surface area contributed by atoms with Crippen molar-refractivity contribution < 1.29 is 14.3 Å². The summed E-state index contributed by atoms with van der Waals surface area (Å²) >= 11 is 6.27. The van der Waals surface area contributed by atoms with Crippen LogP contribution in [0.25, 0.3) is 10.9 Å². The van der Waals surface area contributed by atoms with Gasteiger partial charge in [-0.1, -0.05) is 29.8 Å². The molecule has 0 radical (unpaired) electrons. The highest BCUT2D eigenvalue weighted by Gasteiger charge is 2.18. The van der Waals surface area contributed by atoms with E-state index in [-0.39, 0.29) is 6.61 Å². The first-order valence-electron chi connectivity index (χ1n) is 7.79. The highest BCUT2D eigenvalue weighted by Crippen LogP contribution is 2.35. The maximum absolute atomic E-state index is 12.3. The maximum atomic E-state index is 12.3. The molecule has 3 rings (SSSR count). The molecule has 1 N–H and O–H groups in total. The summed E-state index contributed by atoms with van der Waals surface area (Å²) < 4.78 is 10.4. The zero-order chi connectivity index (χ0) is 17.8. The molecule has 5 nitrogen and oxygen atoms in total. The fourth-order valence-corrected chi connectivity index (χ4v) is 2.75. The Kier molecular flexibility index (Phi) is 5.05. The van der Waals surface area contributed by atoms with Crippen molar-refractivity contribution in [3.05, 3.63) is 59.2 Å². The number of nitrogens with zero attached hydrogens (tertiary/aromatic N) is 1. The lowest BCUT2D eigenvalue weighted by Crippen LogP contribution is -2.09. The highest BCUT2D eigenvalue weighted by molar-refractivity contribution is 6.33. The van der Waals surface area contributed by atoms with E-state index in [1.165, 1.54) is 6.20 Å². The number of fused-ring (bicyclic) bond motifs is 1. The van der Waals surface area contributed by atoms with Gasteiger partial charge in [-0.25, -0.2) is 4.79 Å². The number of halogens is 1. The molecule has 25 heavy (non-hydrogen) atoms. The third-order valence-corrected chi connectivity index (χ3v) is 3.98. The highest BCUT2D eigenvalue weighted by atomic mass is 35.5. The Morgan fingerprint density at radius 1 is 1.24 bits per heavy atom. The Balaban J connectivity index is 2.20. The first kappa shape index (κ1) is 17.0. The third kappa shape index (κ3) is 3.51. The van der Waals surface area contributed by atoms with Crippen molar-refractivity contribution in [3.63, 3.8) is 0 Å². The van der Waals surface area contributed by atoms with Gasteiger partial charge in [0.1, 0.15) is 11.3 Å². The van der Waals surface area contributed by atoms with Gasteiger partial charge in [-0.3, -0.25) is 4.98 Å². The van der Waals surface area contributed by atoms with Gasteiger partial charge >= 0.3 is 5.97 Å². The van der Waals surface area contributed by atoms with Crippen LogP contribution in [0.15, 0.2) is 48.7 Å². The molecule has 3 aromatic rings. The summed E-state index contributed by atoms with van der Waals surface area (Å²) in [7, 11) is 1.54. The van der Waals surface area contributed by atoms with E-state index < -0.39 is 5.97 Å². The summed E-state index contributed by atoms with van der Waals surface area (Å²) in [6.07, 6.45) is 1.50. The van der Waals surface area contributed by atoms with E-state index in [4.69, 9.17) is 21.1 Å². The number of aromatic nitrogens is 1. The van der Waals surface area contributed by atoms with Gasteiger partial charge in [0.2, 0.25) is 0 Å². The Morgan fingerprint density at radius 3 is 2.68 bits per heavy atom. The molecule has 1 heterocycles. The number of esters is 1. The smallest absolute Gasteiger partial charge is 0.341 e. The fraction of sp³-hybridized carbons (Fsp3) is 0.158. The Hall–Kier alpha value is -2.79. The van der Waals surface area contributed by atoms with Crippen LogP contribution in [0.5, 0.6) is 5.75 Å². The minimum Gasteiger partial charge on any atom is -0.495 e. The zero-order valence-electron chi connectivity index (χ0n) is 13.9. The fourth-order valence-electron chi connectivity index (χ4n) is 2.51. The minimum absolute atomic E-state index is 0.283. The van der Waals surface area contributed by atoms with Crippen molar-refractivity contribution in [1.82, 2.24) is 4.98 Å². The topological polar surface area (TPSA) is 60.5 Å². The third-order valence-electron chi connectivity index (χ3n) is 3.68. The number of methoxy groups -OCH3 is 1. The Labute approximate surface area is 150 Å². The largest absolute Gasteiger partial charge is 0.495 e. The van der Waals surface area contributed by atoms with Crippen LogP contribution in [-0.2, 0) is 4.74 Å². The number of carbonyl (C=O) groups excluding carboxylic acids is 1. The second-order valence-electron chi connectivity index (χ2n) is 5.26. The molecule has 128 valence electrons. The molecular weight excluding hydrogens is 340 g/mol. The molecule has 0 spiro atoms. The van der Waals surface area contributed by atoms with Gasteiger partial charge in [0.15, 0.2) is 0 Å². The van der Waals surface area contributed by atoms with Crippen LogP contribution in [0.4, 0.5) is 11.4 Å². The molecule has 0 fully saturated rings. The number of pyridine rings is 1. The van der Waals surface area contributed by atoms with E-state index in [0.29, 0.717) is 32.9 Å². The number of hydrogen-bond acceptors (Lipinski definition) is 5. The molecule has 0 unspecified atom stereocenters. The summed E-state index contributed by atoms with van der Waals surface area (Å²) in [5.74, 6) is 0.0819. The van der Waals surface area contributed by atoms with E-state index >= 15 is 0 Å². The van der Waals surface area contributed by atoms with Crippen molar-refractivity contribution in [2.24, 2.45) is 0 Å². The van der Waals surface area contributed by atoms with Gasteiger partial charge in [-0.15, -0.1) is 0 Å². The summed E-state index contributed by atoms with van der Waals surface area (Å²) in [6.45, 7) is 2.05. The Bertz CT molecular complexity index is 913. The van der Waals surface area contributed by atoms with Gasteiger partial charge in [0, 0.05) is 23.3 Å². The normalized spacial score (nSPS) is 10.5. The van der Waals surface area contributed by atoms with Crippen LogP contribution < -0.4 is 10.1 Å². The first-order valence-corrected chi connectivity index (χ1v) is 8.17. The lowest BCUT2D eigenvalue weighted by Gasteiger charge is -2.15. The molecule has 0 amide bonds. The van der Waals surface area contributed by atoms with Crippen LogP contribution in [0.2, 0.25) is 5.02 Å². The average molecular weight is 357 g/mol. The number of rotatable bonds is 5. The Morgan fingerprint density at radius 2 is 2.00 bits per heavy atom. The second kappa shape index (κ2) is 7.40. The summed E-state index contributed by atoms with van der Waals surface area (Å²) in [5, 5.41) is 4.43. The van der Waals surface area contributed by atoms with Gasteiger partial charge in [-0.2, -0.15) is 0 Å². The number of ether oxygens (including phenoxy) is 2. The number of carbonyl (C=O) groups is 1. The molecule has 0 aliphatic rings. The molecule has 0 bridgehead atoms. The quantitative estimate of drug-likeness (QED) is 0.664. The standard InChI is InChI=1S/C19H17ClN2O3/c1-3-25-19(23)14-11-21-16-10-17(24-2)15(20)9-13(16)18(14)22-12-7-5-4-6-8-12/h4-11H,3H2,1-2H3,(H,21,22). The van der Waals surface area contributed by atoms with Crippen LogP contribution in [-0.4, -0.2) is 24.7 Å². The predicted molar refractivity (Wildman–Crippen MR) is 99.0 cm³/mol. The van der Waals surface area contributed by atoms with Crippen LogP contribution in [0, 0.1) is 0 Å². The van der Waals surface area contributed by atoms with Crippen molar-refractivity contribution in [1.29, 1.82) is 0 Å². The average Bonchev–Trinajstić information content (AvgIpc) is 2.62. The van der Waals surface area contributed by atoms with E-state index in [9.17, 15) is 4.79 Å². The van der Waals surface area contributed by atoms with Crippen molar-refractivity contribution in [2.45, 2.75) is 6.92 Å². The SMILES string of the molecule is CCOC(=O)c1cnc2cc(OC)c(Cl)cc2c1Nc1ccccc1. The van der Waals surface area contributed by atoms with Crippen LogP contribution in [0.3, 0.4) is 0 Å². The van der Waals surface area contributed by atoms with E-state index in [1.807, 2.05) is 30.3 Å². The van der Waals surface area contributed by atoms with Gasteiger partial charge < -0.3 is 14.8 Å². The first-order chi connectivity index (χ1) is 12.1. The number of benzene rings is 2. The van der Waals surface area contributed by atoms with Gasteiger partial charge in [-0.05, 0) is 25.1 Å². The van der Waals surface area contributed by atoms with E-state index in [1.54, 1.807) is 26.2 Å². The van der Waals surface area contributed by atoms with Crippen molar-refractivity contribution in [3.8, 4) is 5.75 Å². The lowest BCUT2D eigenvalue weighted by atomic mass is 10.1. The summed E-state index contributed by atoms with van der Waals surface area (Å²) in [6, 6.07) is 13.0. The molecular formula is C19H17ClN2O3. The molecule has 0 saturated carbocycles. The van der Waals surface area contributed by atoms with Gasteiger partial charge in [0.25, 0.3) is 0 Å². The minimum atomic E-state index is -0.442. The maximum Gasteiger partial charge on any atom is 0.341 e. The molecule has 0 aliphatic heterocycles. The zero-order valence-corrected chi connectivity index (χ0v) is 14.6. The van der Waals surface area contributed by atoms with E-state index in [0.717, 1.165) is 5.69 Å². The molecule has 6 heteroatoms. The lowest BCUT2D eigenvalue weighted by molar-refractivity contribution is 0.0527. The van der Waals surface area contributed by atoms with E-state index in [2.05, 4.69) is 10.3 Å². The number of hydrogen-bond donors (Lipinski definition) is 1. The molecule has 2 aromatic carbocycles. The number of para-hydroxylation sites is 1. The second-order valence-corrected chi connectivity index (χ2v) is 5.67. The monoisotopic (exact) mass is 356 g/mol. The molecule has 0 saturated heterocycles.